The summed E-state index contributed by atoms with van der Waals surface area (Å²) in [6.45, 7) is 3.77. The van der Waals surface area contributed by atoms with Gasteiger partial charge in [0.25, 0.3) is 5.91 Å². The molecule has 1 aromatic carbocycles. The van der Waals surface area contributed by atoms with Crippen molar-refractivity contribution in [2.24, 2.45) is 5.92 Å². The van der Waals surface area contributed by atoms with Crippen molar-refractivity contribution in [1.29, 1.82) is 5.26 Å². The molecule has 1 saturated heterocycles. The number of halogens is 1. The van der Waals surface area contributed by atoms with Crippen LogP contribution < -0.4 is 4.90 Å². The van der Waals surface area contributed by atoms with Gasteiger partial charge in [0.05, 0.1) is 23.0 Å². The molecule has 0 saturated carbocycles. The van der Waals surface area contributed by atoms with E-state index >= 15 is 0 Å². The number of pyridine rings is 1. The number of amides is 1. The second-order valence-electron chi connectivity index (χ2n) is 8.11. The SMILES string of the molecule is Cc1cc(C(=O)N2C[C@H](CN(C)c3ccc(C#N)cn3)[C@@H](c3ccc(Cl)cc3)C2)cnn1. The van der Waals surface area contributed by atoms with E-state index in [4.69, 9.17) is 16.9 Å². The molecule has 0 bridgehead atoms. The topological polar surface area (TPSA) is 86.0 Å². The van der Waals surface area contributed by atoms with E-state index in [2.05, 4.69) is 26.2 Å². The Bertz CT molecular complexity index is 1140. The van der Waals surface area contributed by atoms with Crippen molar-refractivity contribution >= 4 is 23.3 Å². The molecule has 1 fully saturated rings. The third-order valence-corrected chi connectivity index (χ3v) is 6.08. The Hall–Kier alpha value is -3.50. The van der Waals surface area contributed by atoms with Crippen LogP contribution in [0.2, 0.25) is 5.02 Å². The lowest BCUT2D eigenvalue weighted by atomic mass is 9.88. The van der Waals surface area contributed by atoms with Crippen LogP contribution in [0.4, 0.5) is 5.82 Å². The minimum absolute atomic E-state index is 0.0383. The maximum atomic E-state index is 13.2. The van der Waals surface area contributed by atoms with Crippen LogP contribution in [0.1, 0.15) is 33.1 Å². The van der Waals surface area contributed by atoms with Gasteiger partial charge in [-0.15, -0.1) is 0 Å². The van der Waals surface area contributed by atoms with Crippen LogP contribution in [0, 0.1) is 24.2 Å². The lowest BCUT2D eigenvalue weighted by molar-refractivity contribution is 0.0785. The maximum Gasteiger partial charge on any atom is 0.255 e. The molecule has 0 aliphatic carbocycles. The van der Waals surface area contributed by atoms with Crippen molar-refractivity contribution in [3.05, 3.63) is 82.3 Å². The van der Waals surface area contributed by atoms with Crippen molar-refractivity contribution in [2.45, 2.75) is 12.8 Å². The number of aryl methyl sites for hydroxylation is 1. The Kier molecular flexibility index (Phi) is 6.33. The molecule has 4 rings (SSSR count). The molecule has 32 heavy (non-hydrogen) atoms. The number of hydrogen-bond donors (Lipinski definition) is 0. The van der Waals surface area contributed by atoms with Crippen LogP contribution >= 0.6 is 11.6 Å². The van der Waals surface area contributed by atoms with E-state index in [1.165, 1.54) is 6.20 Å². The first kappa shape index (κ1) is 21.7. The molecule has 2 atom stereocenters. The molecule has 7 nitrogen and oxygen atoms in total. The number of nitriles is 1. The van der Waals surface area contributed by atoms with Gasteiger partial charge >= 0.3 is 0 Å². The van der Waals surface area contributed by atoms with E-state index in [0.29, 0.717) is 41.5 Å². The normalized spacial score (nSPS) is 17.8. The lowest BCUT2D eigenvalue weighted by Crippen LogP contribution is -2.32. The molecule has 162 valence electrons. The summed E-state index contributed by atoms with van der Waals surface area (Å²) in [4.78, 5) is 21.5. The van der Waals surface area contributed by atoms with Crippen molar-refractivity contribution < 1.29 is 4.79 Å². The first-order valence-corrected chi connectivity index (χ1v) is 10.7. The van der Waals surface area contributed by atoms with E-state index in [1.54, 1.807) is 18.3 Å². The summed E-state index contributed by atoms with van der Waals surface area (Å²) in [5.41, 5.74) is 2.95. The number of aromatic nitrogens is 3. The first-order valence-electron chi connectivity index (χ1n) is 10.4. The number of benzene rings is 1. The first-order chi connectivity index (χ1) is 15.4. The molecular formula is C24H23ClN6O. The summed E-state index contributed by atoms with van der Waals surface area (Å²) in [5, 5.41) is 17.6. The van der Waals surface area contributed by atoms with Crippen LogP contribution in [0.25, 0.3) is 0 Å². The van der Waals surface area contributed by atoms with Crippen molar-refractivity contribution in [2.75, 3.05) is 31.6 Å². The largest absolute Gasteiger partial charge is 0.359 e. The van der Waals surface area contributed by atoms with Crippen LogP contribution in [-0.2, 0) is 0 Å². The molecule has 3 aromatic rings. The van der Waals surface area contributed by atoms with Gasteiger partial charge in [-0.1, -0.05) is 23.7 Å². The number of carbonyl (C=O) groups is 1. The van der Waals surface area contributed by atoms with Gasteiger partial charge in [0, 0.05) is 49.7 Å². The Labute approximate surface area is 192 Å². The number of hydrogen-bond acceptors (Lipinski definition) is 6. The molecule has 0 spiro atoms. The molecule has 1 amide bonds. The second kappa shape index (κ2) is 9.33. The van der Waals surface area contributed by atoms with Crippen molar-refractivity contribution in [1.82, 2.24) is 20.1 Å². The van der Waals surface area contributed by atoms with Gasteiger partial charge in [-0.05, 0) is 42.8 Å². The van der Waals surface area contributed by atoms with Gasteiger partial charge in [0.1, 0.15) is 11.9 Å². The Morgan fingerprint density at radius 3 is 2.66 bits per heavy atom. The second-order valence-corrected chi connectivity index (χ2v) is 8.55. The number of anilines is 1. The Balaban J connectivity index is 1.57. The molecule has 3 heterocycles. The van der Waals surface area contributed by atoms with Gasteiger partial charge in [-0.2, -0.15) is 15.5 Å². The summed E-state index contributed by atoms with van der Waals surface area (Å²) in [7, 11) is 1.98. The monoisotopic (exact) mass is 446 g/mol. The molecule has 2 aromatic heterocycles. The van der Waals surface area contributed by atoms with E-state index in [9.17, 15) is 4.79 Å². The highest BCUT2D eigenvalue weighted by molar-refractivity contribution is 6.30. The quantitative estimate of drug-likeness (QED) is 0.594. The van der Waals surface area contributed by atoms with Gasteiger partial charge < -0.3 is 9.80 Å². The summed E-state index contributed by atoms with van der Waals surface area (Å²) in [6.07, 6.45) is 3.10. The molecule has 0 unspecified atom stereocenters. The highest BCUT2D eigenvalue weighted by Gasteiger charge is 2.37. The van der Waals surface area contributed by atoms with E-state index in [1.807, 2.05) is 49.2 Å². The average Bonchev–Trinajstić information content (AvgIpc) is 3.22. The van der Waals surface area contributed by atoms with Crippen molar-refractivity contribution in [3.8, 4) is 6.07 Å². The van der Waals surface area contributed by atoms with Gasteiger partial charge in [0.2, 0.25) is 0 Å². The third kappa shape index (κ3) is 4.71. The lowest BCUT2D eigenvalue weighted by Gasteiger charge is -2.26. The Morgan fingerprint density at radius 2 is 2.00 bits per heavy atom. The Morgan fingerprint density at radius 1 is 1.22 bits per heavy atom. The highest BCUT2D eigenvalue weighted by atomic mass is 35.5. The molecular weight excluding hydrogens is 424 g/mol. The number of carbonyl (C=O) groups excluding carboxylic acids is 1. The predicted octanol–water partition coefficient (Wildman–Crippen LogP) is 3.70. The molecule has 8 heteroatoms. The number of likely N-dealkylation sites (tertiary alicyclic amines) is 1. The summed E-state index contributed by atoms with van der Waals surface area (Å²) < 4.78 is 0. The van der Waals surface area contributed by atoms with Crippen LogP contribution in [0.15, 0.2) is 54.9 Å². The van der Waals surface area contributed by atoms with Gasteiger partial charge in [0.15, 0.2) is 0 Å². The zero-order valence-electron chi connectivity index (χ0n) is 17.9. The van der Waals surface area contributed by atoms with Gasteiger partial charge in [-0.3, -0.25) is 4.79 Å². The zero-order valence-corrected chi connectivity index (χ0v) is 18.7. The fraction of sp³-hybridized carbons (Fsp3) is 0.292. The highest BCUT2D eigenvalue weighted by Crippen LogP contribution is 2.35. The molecule has 1 aliphatic rings. The standard InChI is InChI=1S/C24H23ClN6O/c1-16-9-19(12-28-29-16)24(32)31-14-20(22(15-31)18-4-6-21(25)7-5-18)13-30(2)23-8-3-17(10-26)11-27-23/h3-9,11-12,20,22H,13-15H2,1-2H3/t20-,22+/m0/s1. The third-order valence-electron chi connectivity index (χ3n) is 5.83. The molecule has 0 radical (unpaired) electrons. The van der Waals surface area contributed by atoms with E-state index in [-0.39, 0.29) is 17.7 Å². The van der Waals surface area contributed by atoms with E-state index in [0.717, 1.165) is 11.4 Å². The smallest absolute Gasteiger partial charge is 0.255 e. The predicted molar refractivity (Wildman–Crippen MR) is 123 cm³/mol. The van der Waals surface area contributed by atoms with Crippen LogP contribution in [0.5, 0.6) is 0 Å². The fourth-order valence-corrected chi connectivity index (χ4v) is 4.33. The van der Waals surface area contributed by atoms with Crippen molar-refractivity contribution in [3.63, 3.8) is 0 Å². The minimum Gasteiger partial charge on any atom is -0.359 e. The average molecular weight is 447 g/mol. The van der Waals surface area contributed by atoms with Crippen LogP contribution in [0.3, 0.4) is 0 Å². The fourth-order valence-electron chi connectivity index (χ4n) is 4.21. The summed E-state index contributed by atoms with van der Waals surface area (Å²) in [5.74, 6) is 1.10. The van der Waals surface area contributed by atoms with Gasteiger partial charge in [-0.25, -0.2) is 4.98 Å². The zero-order chi connectivity index (χ0) is 22.7. The maximum absolute atomic E-state index is 13.2. The van der Waals surface area contributed by atoms with E-state index < -0.39 is 0 Å². The number of rotatable bonds is 5. The number of nitrogens with zero attached hydrogens (tertiary/aromatic N) is 6. The van der Waals surface area contributed by atoms with Crippen LogP contribution in [-0.4, -0.2) is 52.7 Å². The minimum atomic E-state index is -0.0383. The summed E-state index contributed by atoms with van der Waals surface area (Å²) in [6, 6.07) is 15.3. The molecule has 0 N–H and O–H groups in total. The summed E-state index contributed by atoms with van der Waals surface area (Å²) >= 11 is 6.10. The molecule has 1 aliphatic heterocycles.